The number of allylic oxidation sites excluding steroid dienone is 2. The Morgan fingerprint density at radius 3 is 2.10 bits per heavy atom. The number of carbonyl (C=O) groups excluding carboxylic acids is 1. The van der Waals surface area contributed by atoms with E-state index >= 15 is 0 Å². The average Bonchev–Trinajstić information content (AvgIpc) is 3.48. The van der Waals surface area contributed by atoms with Crippen LogP contribution in [0.15, 0.2) is 84.9 Å². The Balaban J connectivity index is 0.000000312. The Labute approximate surface area is 311 Å². The van der Waals surface area contributed by atoms with Crippen LogP contribution < -0.4 is 0 Å². The second-order valence-electron chi connectivity index (χ2n) is 13.8. The number of hydrogen-bond donors (Lipinski definition) is 1. The van der Waals surface area contributed by atoms with Crippen LogP contribution in [-0.4, -0.2) is 25.3 Å². The van der Waals surface area contributed by atoms with Crippen molar-refractivity contribution >= 4 is 44.0 Å². The first-order chi connectivity index (χ1) is 23.7. The second-order valence-corrected chi connectivity index (χ2v) is 13.8. The molecule has 6 rings (SSSR count). The molecule has 3 heterocycles. The van der Waals surface area contributed by atoms with E-state index in [2.05, 4.69) is 36.8 Å². The fourth-order valence-electron chi connectivity index (χ4n) is 6.60. The van der Waals surface area contributed by atoms with Crippen molar-refractivity contribution in [1.29, 1.82) is 0 Å². The number of ketones is 1. The third kappa shape index (κ3) is 8.21. The van der Waals surface area contributed by atoms with Crippen molar-refractivity contribution in [2.45, 2.75) is 85.7 Å². The Hall–Kier alpha value is -4.07. The summed E-state index contributed by atoms with van der Waals surface area (Å²) in [5.74, 6) is 0.547. The molecule has 5 nitrogen and oxygen atoms in total. The van der Waals surface area contributed by atoms with Crippen LogP contribution in [0.5, 0.6) is 0 Å². The van der Waals surface area contributed by atoms with E-state index in [1.165, 1.54) is 6.08 Å². The molecule has 0 saturated heterocycles. The van der Waals surface area contributed by atoms with Crippen molar-refractivity contribution in [3.63, 3.8) is 0 Å². The number of halogens is 3. The normalized spacial score (nSPS) is 12.5. The van der Waals surface area contributed by atoms with Crippen LogP contribution in [0.4, 0.5) is 13.2 Å². The van der Waals surface area contributed by atoms with Crippen LogP contribution in [0.2, 0.25) is 0 Å². The molecule has 0 bridgehead atoms. The number of aromatic nitrogens is 3. The van der Waals surface area contributed by atoms with Crippen LogP contribution in [0, 0.1) is 17.9 Å². The van der Waals surface area contributed by atoms with Gasteiger partial charge in [0.25, 0.3) is 0 Å². The van der Waals surface area contributed by atoms with Gasteiger partial charge in [-0.2, -0.15) is 13.2 Å². The van der Waals surface area contributed by atoms with Crippen molar-refractivity contribution in [2.24, 2.45) is 11.8 Å². The summed E-state index contributed by atoms with van der Waals surface area (Å²) in [5.41, 5.74) is 1.79. The van der Waals surface area contributed by atoms with Gasteiger partial charge >= 0.3 is 6.18 Å². The molecule has 3 aromatic carbocycles. The van der Waals surface area contributed by atoms with Gasteiger partial charge in [-0.15, -0.1) is 29.1 Å². The predicted molar refractivity (Wildman–Crippen MR) is 197 cm³/mol. The molecular weight excluding hydrogens is 828 g/mol. The van der Waals surface area contributed by atoms with Gasteiger partial charge in [-0.1, -0.05) is 102 Å². The topological polar surface area (TPSA) is 67.5 Å². The van der Waals surface area contributed by atoms with Crippen molar-refractivity contribution < 1.29 is 43.2 Å². The van der Waals surface area contributed by atoms with Gasteiger partial charge in [0, 0.05) is 61.5 Å². The van der Waals surface area contributed by atoms with Crippen LogP contribution in [-0.2, 0) is 36.5 Å². The fraction of sp³-hybridized carbons (Fsp3) is 0.357. The molecule has 0 aliphatic heterocycles. The number of alkyl halides is 3. The van der Waals surface area contributed by atoms with Gasteiger partial charge in [0.1, 0.15) is 11.2 Å². The minimum Gasteiger partial charge on any atom is -0.512 e. The number of aliphatic hydroxyl groups is 1. The molecule has 0 aliphatic rings. The number of nitrogens with zero attached hydrogens (tertiary/aromatic N) is 3. The molecule has 1 radical (unpaired) electrons. The summed E-state index contributed by atoms with van der Waals surface area (Å²) >= 11 is 0. The van der Waals surface area contributed by atoms with Gasteiger partial charge in [0.15, 0.2) is 5.78 Å². The van der Waals surface area contributed by atoms with E-state index in [4.69, 9.17) is 0 Å². The Bertz CT molecular complexity index is 2190. The molecule has 51 heavy (non-hydrogen) atoms. The Kier molecular flexibility index (Phi) is 12.5. The predicted octanol–water partition coefficient (Wildman–Crippen LogP) is 11.8. The number of imidazole rings is 1. The molecule has 0 aliphatic carbocycles. The smallest absolute Gasteiger partial charge is 0.419 e. The van der Waals surface area contributed by atoms with Gasteiger partial charge in [-0.25, -0.2) is 4.98 Å². The largest absolute Gasteiger partial charge is 0.512 e. The van der Waals surface area contributed by atoms with Crippen LogP contribution in [0.3, 0.4) is 0 Å². The van der Waals surface area contributed by atoms with E-state index in [0.29, 0.717) is 22.4 Å². The molecule has 1 N–H and O–H groups in total. The third-order valence-corrected chi connectivity index (χ3v) is 9.54. The summed E-state index contributed by atoms with van der Waals surface area (Å²) in [7, 11) is 0. The molecule has 0 fully saturated rings. The molecule has 0 unspecified atom stereocenters. The van der Waals surface area contributed by atoms with Gasteiger partial charge in [-0.3, -0.25) is 9.78 Å². The molecule has 271 valence electrons. The van der Waals surface area contributed by atoms with E-state index in [9.17, 15) is 23.1 Å². The third-order valence-electron chi connectivity index (χ3n) is 9.54. The standard InChI is InChI=1S/C29H21F3N3.C13H24O2.Ir/c1-28(2,3)22-15-19(14-18-9-5-6-10-20(18)22)24-26-25(23(16-33-24)29(30,31)32)34-27-21-11-7-4-8-17(21)12-13-35(26)27;1-5-10(6-2)12(14)9-13(15)11(7-3)8-4;/h4-13,15-16H,1-3H3;9-11,14H,5-8H2,1-4H3;/q-1;;/b;12-9-;. The summed E-state index contributed by atoms with van der Waals surface area (Å²) in [6.07, 6.45) is 2.99. The summed E-state index contributed by atoms with van der Waals surface area (Å²) < 4.78 is 43.8. The zero-order chi connectivity index (χ0) is 36.4. The quantitative estimate of drug-likeness (QED) is 0.0940. The molecule has 0 spiro atoms. The summed E-state index contributed by atoms with van der Waals surface area (Å²) in [4.78, 5) is 20.6. The van der Waals surface area contributed by atoms with Crippen molar-refractivity contribution in [3.05, 3.63) is 102 Å². The zero-order valence-electron chi connectivity index (χ0n) is 30.2. The molecule has 9 heteroatoms. The number of aliphatic hydroxyl groups excluding tert-OH is 1. The summed E-state index contributed by atoms with van der Waals surface area (Å²) in [6, 6.07) is 22.8. The monoisotopic (exact) mass is 873 g/mol. The molecule has 6 aromatic rings. The average molecular weight is 873 g/mol. The van der Waals surface area contributed by atoms with E-state index < -0.39 is 11.7 Å². The first-order valence-electron chi connectivity index (χ1n) is 17.4. The van der Waals surface area contributed by atoms with Crippen molar-refractivity contribution in [3.8, 4) is 11.3 Å². The number of rotatable bonds is 8. The first-order valence-corrected chi connectivity index (χ1v) is 17.4. The maximum atomic E-state index is 14.0. The molecular formula is C42H45F3IrN3O2-. The summed E-state index contributed by atoms with van der Waals surface area (Å²) in [6.45, 7) is 14.4. The zero-order valence-corrected chi connectivity index (χ0v) is 32.5. The van der Waals surface area contributed by atoms with Crippen molar-refractivity contribution in [1.82, 2.24) is 14.4 Å². The first kappa shape index (κ1) is 39.7. The SMILES string of the molecule is CC(C)(C)c1cc(-c2ncc(C(F)(F)F)c3nc4c5ccccc5ccn4c23)[c-]c2ccccc12.CCC(CC)C(=O)/C=C(\O)C(CC)CC.[Ir]. The molecule has 3 aromatic heterocycles. The molecule has 0 saturated carbocycles. The minimum absolute atomic E-state index is 0. The summed E-state index contributed by atoms with van der Waals surface area (Å²) in [5, 5.41) is 13.4. The van der Waals surface area contributed by atoms with Gasteiger partial charge in [0.2, 0.25) is 0 Å². The van der Waals surface area contributed by atoms with Crippen molar-refractivity contribution in [2.75, 3.05) is 0 Å². The number of hydrogen-bond acceptors (Lipinski definition) is 4. The van der Waals surface area contributed by atoms with Crippen LogP contribution in [0.25, 0.3) is 49.5 Å². The number of carbonyl (C=O) groups is 1. The Morgan fingerprint density at radius 2 is 1.49 bits per heavy atom. The minimum atomic E-state index is -4.58. The number of benzene rings is 3. The van der Waals surface area contributed by atoms with E-state index in [1.54, 1.807) is 10.6 Å². The maximum Gasteiger partial charge on any atom is 0.419 e. The van der Waals surface area contributed by atoms with Gasteiger partial charge in [0.05, 0.1) is 16.8 Å². The van der Waals surface area contributed by atoms with Crippen LogP contribution in [0.1, 0.15) is 85.3 Å². The van der Waals surface area contributed by atoms with E-state index in [1.807, 2.05) is 88.4 Å². The van der Waals surface area contributed by atoms with Crippen LogP contribution >= 0.6 is 0 Å². The fourth-order valence-corrected chi connectivity index (χ4v) is 6.60. The number of fused-ring (bicyclic) bond motifs is 6. The van der Waals surface area contributed by atoms with Gasteiger partial charge in [-0.05, 0) is 42.6 Å². The molecule has 0 amide bonds. The number of pyridine rings is 2. The maximum absolute atomic E-state index is 14.0. The second kappa shape index (κ2) is 16.1. The van der Waals surface area contributed by atoms with Gasteiger partial charge < -0.3 is 9.51 Å². The molecule has 0 atom stereocenters. The Morgan fingerprint density at radius 1 is 0.882 bits per heavy atom. The van der Waals surface area contributed by atoms with E-state index in [-0.39, 0.29) is 54.4 Å². The van der Waals surface area contributed by atoms with E-state index in [0.717, 1.165) is 59.0 Å².